The molecular formula is C15H17IO5. The van der Waals surface area contributed by atoms with Gasteiger partial charge >= 0.3 is 17.9 Å². The number of methoxy groups -OCH3 is 1. The Bertz CT molecular complexity index is 514. The molecule has 0 saturated carbocycles. The summed E-state index contributed by atoms with van der Waals surface area (Å²) >= 11 is 2.15. The van der Waals surface area contributed by atoms with Crippen LogP contribution in [0.25, 0.3) is 0 Å². The van der Waals surface area contributed by atoms with Crippen LogP contribution < -0.4 is 0 Å². The molecule has 0 bridgehead atoms. The molecule has 0 heterocycles. The fraction of sp³-hybridized carbons (Fsp3) is 0.400. The lowest BCUT2D eigenvalue weighted by molar-refractivity contribution is -0.166. The standard InChI is InChI=1S/C15H17IO5/c1-15(9-6-10-16,13(18)20-2)14(19)21-12(17)11-7-4-3-5-8-11/h3-5,7-8H,6,9-10H2,1-2H3. The Hall–Kier alpha value is -1.44. The van der Waals surface area contributed by atoms with Gasteiger partial charge in [0, 0.05) is 0 Å². The lowest BCUT2D eigenvalue weighted by Crippen LogP contribution is -2.40. The minimum Gasteiger partial charge on any atom is -0.468 e. The molecule has 1 atom stereocenters. The first-order valence-corrected chi connectivity index (χ1v) is 7.94. The van der Waals surface area contributed by atoms with Crippen LogP contribution in [0.15, 0.2) is 30.3 Å². The Morgan fingerprint density at radius 3 is 2.29 bits per heavy atom. The summed E-state index contributed by atoms with van der Waals surface area (Å²) in [6, 6.07) is 8.15. The van der Waals surface area contributed by atoms with Crippen molar-refractivity contribution in [2.75, 3.05) is 11.5 Å². The number of hydrogen-bond acceptors (Lipinski definition) is 5. The molecule has 0 fully saturated rings. The van der Waals surface area contributed by atoms with Gasteiger partial charge in [-0.05, 0) is 36.3 Å². The van der Waals surface area contributed by atoms with E-state index in [1.807, 2.05) is 0 Å². The summed E-state index contributed by atoms with van der Waals surface area (Å²) in [7, 11) is 1.21. The van der Waals surface area contributed by atoms with Crippen LogP contribution >= 0.6 is 22.6 Å². The third kappa shape index (κ3) is 4.52. The Morgan fingerprint density at radius 1 is 1.14 bits per heavy atom. The second kappa shape index (κ2) is 8.11. The zero-order chi connectivity index (χ0) is 15.9. The molecule has 21 heavy (non-hydrogen) atoms. The minimum atomic E-state index is -1.47. The second-order valence-corrected chi connectivity index (χ2v) is 5.74. The van der Waals surface area contributed by atoms with Crippen molar-refractivity contribution in [1.82, 2.24) is 0 Å². The highest BCUT2D eigenvalue weighted by Gasteiger charge is 2.44. The van der Waals surface area contributed by atoms with Crippen LogP contribution in [0.5, 0.6) is 0 Å². The number of esters is 3. The van der Waals surface area contributed by atoms with Crippen LogP contribution in [0.4, 0.5) is 0 Å². The predicted molar refractivity (Wildman–Crippen MR) is 85.1 cm³/mol. The molecule has 0 aliphatic rings. The van der Waals surface area contributed by atoms with E-state index in [0.29, 0.717) is 6.42 Å². The molecule has 5 nitrogen and oxygen atoms in total. The van der Waals surface area contributed by atoms with Crippen molar-refractivity contribution in [3.8, 4) is 0 Å². The van der Waals surface area contributed by atoms with Crippen molar-refractivity contribution in [2.45, 2.75) is 19.8 Å². The zero-order valence-corrected chi connectivity index (χ0v) is 14.1. The Morgan fingerprint density at radius 2 is 1.76 bits per heavy atom. The van der Waals surface area contributed by atoms with Gasteiger partial charge in [0.1, 0.15) is 0 Å². The largest absolute Gasteiger partial charge is 0.468 e. The first-order valence-electron chi connectivity index (χ1n) is 6.41. The number of rotatable bonds is 6. The van der Waals surface area contributed by atoms with E-state index in [1.165, 1.54) is 26.2 Å². The highest BCUT2D eigenvalue weighted by Crippen LogP contribution is 2.28. The third-order valence-corrected chi connectivity index (χ3v) is 3.85. The highest BCUT2D eigenvalue weighted by molar-refractivity contribution is 14.1. The van der Waals surface area contributed by atoms with Gasteiger partial charge in [-0.1, -0.05) is 40.8 Å². The molecule has 0 aliphatic carbocycles. The van der Waals surface area contributed by atoms with E-state index in [1.54, 1.807) is 18.2 Å². The fourth-order valence-electron chi connectivity index (χ4n) is 1.76. The second-order valence-electron chi connectivity index (χ2n) is 4.66. The van der Waals surface area contributed by atoms with Gasteiger partial charge in [-0.3, -0.25) is 9.59 Å². The average Bonchev–Trinajstić information content (AvgIpc) is 2.52. The molecule has 1 rings (SSSR count). The molecule has 6 heteroatoms. The first kappa shape index (κ1) is 17.6. The maximum absolute atomic E-state index is 12.2. The van der Waals surface area contributed by atoms with E-state index in [0.717, 1.165) is 4.43 Å². The monoisotopic (exact) mass is 404 g/mol. The number of carbonyl (C=O) groups is 3. The molecule has 0 saturated heterocycles. The molecule has 114 valence electrons. The SMILES string of the molecule is COC(=O)C(C)(CCCI)C(=O)OC(=O)c1ccccc1. The maximum Gasteiger partial charge on any atom is 0.345 e. The van der Waals surface area contributed by atoms with Gasteiger partial charge in [-0.2, -0.15) is 0 Å². The van der Waals surface area contributed by atoms with Gasteiger partial charge in [-0.15, -0.1) is 0 Å². The van der Waals surface area contributed by atoms with Crippen molar-refractivity contribution < 1.29 is 23.9 Å². The minimum absolute atomic E-state index is 0.256. The summed E-state index contributed by atoms with van der Waals surface area (Å²) in [6.07, 6.45) is 0.907. The first-order chi connectivity index (χ1) is 9.95. The van der Waals surface area contributed by atoms with Crippen LogP contribution in [-0.4, -0.2) is 29.4 Å². The predicted octanol–water partition coefficient (Wildman–Crippen LogP) is 2.76. The van der Waals surface area contributed by atoms with E-state index >= 15 is 0 Å². The van der Waals surface area contributed by atoms with Gasteiger partial charge < -0.3 is 9.47 Å². The Balaban J connectivity index is 2.86. The van der Waals surface area contributed by atoms with Gasteiger partial charge in [-0.25, -0.2) is 4.79 Å². The van der Waals surface area contributed by atoms with E-state index in [4.69, 9.17) is 4.74 Å². The molecule has 1 unspecified atom stereocenters. The average molecular weight is 404 g/mol. The summed E-state index contributed by atoms with van der Waals surface area (Å²) in [5.41, 5.74) is -1.21. The summed E-state index contributed by atoms with van der Waals surface area (Å²) in [4.78, 5) is 36.0. The quantitative estimate of drug-likeness (QED) is 0.316. The van der Waals surface area contributed by atoms with Crippen molar-refractivity contribution in [2.24, 2.45) is 5.41 Å². The smallest absolute Gasteiger partial charge is 0.345 e. The van der Waals surface area contributed by atoms with Crippen LogP contribution in [0, 0.1) is 5.41 Å². The number of carbonyl (C=O) groups excluding carboxylic acids is 3. The van der Waals surface area contributed by atoms with Crippen molar-refractivity contribution in [1.29, 1.82) is 0 Å². The molecule has 1 aromatic carbocycles. The summed E-state index contributed by atoms with van der Waals surface area (Å²) < 4.78 is 10.3. The Labute approximate surface area is 137 Å². The number of halogens is 1. The molecule has 0 aliphatic heterocycles. The van der Waals surface area contributed by atoms with Crippen molar-refractivity contribution >= 4 is 40.5 Å². The third-order valence-electron chi connectivity index (χ3n) is 3.09. The van der Waals surface area contributed by atoms with Crippen LogP contribution in [-0.2, 0) is 19.1 Å². The van der Waals surface area contributed by atoms with Crippen LogP contribution in [0.1, 0.15) is 30.1 Å². The van der Waals surface area contributed by atoms with E-state index in [-0.39, 0.29) is 12.0 Å². The van der Waals surface area contributed by atoms with E-state index in [9.17, 15) is 14.4 Å². The number of alkyl halides is 1. The molecule has 0 radical (unpaired) electrons. The number of hydrogen-bond donors (Lipinski definition) is 0. The molecule has 0 spiro atoms. The normalized spacial score (nSPS) is 13.1. The van der Waals surface area contributed by atoms with Crippen LogP contribution in [0.3, 0.4) is 0 Å². The van der Waals surface area contributed by atoms with Crippen molar-refractivity contribution in [3.63, 3.8) is 0 Å². The molecule has 0 N–H and O–H groups in total. The van der Waals surface area contributed by atoms with Crippen LogP contribution in [0.2, 0.25) is 0 Å². The lowest BCUT2D eigenvalue weighted by Gasteiger charge is -2.23. The fourth-order valence-corrected chi connectivity index (χ4v) is 2.14. The summed E-state index contributed by atoms with van der Waals surface area (Å²) in [6.45, 7) is 1.44. The summed E-state index contributed by atoms with van der Waals surface area (Å²) in [5, 5.41) is 0. The topological polar surface area (TPSA) is 69.7 Å². The number of benzene rings is 1. The molecular weight excluding hydrogens is 387 g/mol. The van der Waals surface area contributed by atoms with Gasteiger partial charge in [0.05, 0.1) is 12.7 Å². The van der Waals surface area contributed by atoms with Gasteiger partial charge in [0.25, 0.3) is 0 Å². The van der Waals surface area contributed by atoms with E-state index in [2.05, 4.69) is 27.3 Å². The molecule has 1 aromatic rings. The number of ether oxygens (including phenoxy) is 2. The Kier molecular flexibility index (Phi) is 6.80. The van der Waals surface area contributed by atoms with E-state index < -0.39 is 23.3 Å². The zero-order valence-electron chi connectivity index (χ0n) is 11.9. The summed E-state index contributed by atoms with van der Waals surface area (Å²) in [5.74, 6) is -2.35. The molecule has 0 aromatic heterocycles. The molecule has 0 amide bonds. The highest BCUT2D eigenvalue weighted by atomic mass is 127. The van der Waals surface area contributed by atoms with Gasteiger partial charge in [0.15, 0.2) is 5.41 Å². The van der Waals surface area contributed by atoms with Crippen molar-refractivity contribution in [3.05, 3.63) is 35.9 Å². The lowest BCUT2D eigenvalue weighted by atomic mass is 9.86. The maximum atomic E-state index is 12.2. The van der Waals surface area contributed by atoms with Gasteiger partial charge in [0.2, 0.25) is 0 Å².